The lowest BCUT2D eigenvalue weighted by Crippen LogP contribution is -1.92. The molecule has 0 aliphatic heterocycles. The van der Waals surface area contributed by atoms with Gasteiger partial charge in [-0.15, -0.1) is 0 Å². The van der Waals surface area contributed by atoms with Crippen molar-refractivity contribution >= 4 is 0 Å². The highest BCUT2D eigenvalue weighted by Crippen LogP contribution is 2.28. The monoisotopic (exact) mass is 226 g/mol. The zero-order valence-electron chi connectivity index (χ0n) is 8.76. The summed E-state index contributed by atoms with van der Waals surface area (Å²) in [5.74, 6) is -2.78. The first-order valence-corrected chi connectivity index (χ1v) is 4.64. The zero-order valence-corrected chi connectivity index (χ0v) is 8.76. The zero-order chi connectivity index (χ0) is 11.9. The summed E-state index contributed by atoms with van der Waals surface area (Å²) in [6.07, 6.45) is 1.49. The average Bonchev–Trinajstić information content (AvgIpc) is 2.43. The summed E-state index contributed by atoms with van der Waals surface area (Å²) in [6, 6.07) is 1.32. The summed E-state index contributed by atoms with van der Waals surface area (Å²) in [6.45, 7) is 1.64. The van der Waals surface area contributed by atoms with Gasteiger partial charge in [-0.1, -0.05) is 0 Å². The Kier molecular flexibility index (Phi) is 2.46. The van der Waals surface area contributed by atoms with Crippen LogP contribution in [-0.2, 0) is 7.05 Å². The molecule has 0 aliphatic carbocycles. The van der Waals surface area contributed by atoms with Crippen molar-refractivity contribution in [2.24, 2.45) is 7.05 Å². The van der Waals surface area contributed by atoms with Gasteiger partial charge < -0.3 is 0 Å². The molecule has 0 bridgehead atoms. The molecular weight excluding hydrogens is 217 g/mol. The Morgan fingerprint density at radius 3 is 2.12 bits per heavy atom. The number of halogens is 3. The molecule has 2 nitrogen and oxygen atoms in total. The average molecular weight is 226 g/mol. The number of rotatable bonds is 1. The van der Waals surface area contributed by atoms with Crippen LogP contribution in [0.25, 0.3) is 11.1 Å². The van der Waals surface area contributed by atoms with Crippen LogP contribution in [0.15, 0.2) is 18.3 Å². The van der Waals surface area contributed by atoms with Crippen LogP contribution in [-0.4, -0.2) is 9.78 Å². The number of aryl methyl sites for hydroxylation is 2. The van der Waals surface area contributed by atoms with Crippen LogP contribution in [0.3, 0.4) is 0 Å². The maximum Gasteiger partial charge on any atom is 0.137 e. The van der Waals surface area contributed by atoms with Gasteiger partial charge in [-0.25, -0.2) is 13.2 Å². The van der Waals surface area contributed by atoms with Crippen molar-refractivity contribution in [1.82, 2.24) is 9.78 Å². The van der Waals surface area contributed by atoms with E-state index in [4.69, 9.17) is 0 Å². The predicted octanol–water partition coefficient (Wildman–Crippen LogP) is 2.81. The molecule has 5 heteroatoms. The normalized spacial score (nSPS) is 10.8. The fourth-order valence-electron chi connectivity index (χ4n) is 1.64. The second-order valence-corrected chi connectivity index (χ2v) is 3.55. The molecule has 2 rings (SSSR count). The van der Waals surface area contributed by atoms with E-state index in [-0.39, 0.29) is 5.56 Å². The maximum absolute atomic E-state index is 13.5. The van der Waals surface area contributed by atoms with Crippen LogP contribution in [0.1, 0.15) is 5.69 Å². The Morgan fingerprint density at radius 2 is 1.69 bits per heavy atom. The molecule has 0 saturated carbocycles. The second-order valence-electron chi connectivity index (χ2n) is 3.55. The van der Waals surface area contributed by atoms with E-state index in [0.29, 0.717) is 23.4 Å². The third kappa shape index (κ3) is 1.68. The van der Waals surface area contributed by atoms with E-state index in [1.54, 1.807) is 14.0 Å². The largest absolute Gasteiger partial charge is 0.275 e. The fraction of sp³-hybridized carbons (Fsp3) is 0.182. The molecule has 2 aromatic rings. The van der Waals surface area contributed by atoms with Crippen LogP contribution in [0.4, 0.5) is 13.2 Å². The summed E-state index contributed by atoms with van der Waals surface area (Å²) in [4.78, 5) is 0. The minimum Gasteiger partial charge on any atom is -0.275 e. The van der Waals surface area contributed by atoms with Gasteiger partial charge in [0.05, 0.1) is 11.3 Å². The van der Waals surface area contributed by atoms with Crippen LogP contribution in [0.5, 0.6) is 0 Å². The van der Waals surface area contributed by atoms with Gasteiger partial charge in [0.25, 0.3) is 0 Å². The van der Waals surface area contributed by atoms with Crippen LogP contribution in [0, 0.1) is 24.4 Å². The van der Waals surface area contributed by atoms with E-state index in [1.807, 2.05) is 0 Å². The Bertz CT molecular complexity index is 523. The van der Waals surface area contributed by atoms with Crippen molar-refractivity contribution in [3.05, 3.63) is 41.5 Å². The van der Waals surface area contributed by atoms with E-state index in [9.17, 15) is 13.2 Å². The number of hydrogen-bond acceptors (Lipinski definition) is 1. The maximum atomic E-state index is 13.5. The van der Waals surface area contributed by atoms with Crippen molar-refractivity contribution in [1.29, 1.82) is 0 Å². The van der Waals surface area contributed by atoms with Gasteiger partial charge in [-0.05, 0) is 6.92 Å². The Labute approximate surface area is 90.3 Å². The molecular formula is C11H9F3N2. The molecule has 1 heterocycles. The molecule has 0 amide bonds. The first kappa shape index (κ1) is 10.7. The lowest BCUT2D eigenvalue weighted by molar-refractivity contribution is 0.548. The van der Waals surface area contributed by atoms with Crippen molar-refractivity contribution in [3.8, 4) is 11.1 Å². The van der Waals surface area contributed by atoms with Crippen molar-refractivity contribution in [3.63, 3.8) is 0 Å². The summed E-state index contributed by atoms with van der Waals surface area (Å²) in [5.41, 5.74) is 0.580. The SMILES string of the molecule is Cc1nn(C)cc1-c1c(F)cc(F)cc1F. The van der Waals surface area contributed by atoms with Gasteiger partial charge in [-0.3, -0.25) is 4.68 Å². The summed E-state index contributed by atoms with van der Waals surface area (Å²) in [5, 5.41) is 3.98. The minimum absolute atomic E-state index is 0.244. The summed E-state index contributed by atoms with van der Waals surface area (Å²) >= 11 is 0. The molecule has 0 fully saturated rings. The molecule has 0 aliphatic rings. The Hall–Kier alpha value is -1.78. The highest BCUT2D eigenvalue weighted by molar-refractivity contribution is 5.66. The van der Waals surface area contributed by atoms with E-state index in [0.717, 1.165) is 0 Å². The smallest absolute Gasteiger partial charge is 0.137 e. The van der Waals surface area contributed by atoms with Gasteiger partial charge in [-0.2, -0.15) is 5.10 Å². The van der Waals surface area contributed by atoms with E-state index < -0.39 is 17.5 Å². The predicted molar refractivity (Wildman–Crippen MR) is 53.3 cm³/mol. The molecule has 0 N–H and O–H groups in total. The number of benzene rings is 1. The molecule has 84 valence electrons. The molecule has 0 saturated heterocycles. The highest BCUT2D eigenvalue weighted by Gasteiger charge is 2.17. The Balaban J connectivity index is 2.69. The first-order valence-electron chi connectivity index (χ1n) is 4.64. The lowest BCUT2D eigenvalue weighted by atomic mass is 10.1. The minimum atomic E-state index is -0.930. The fourth-order valence-corrected chi connectivity index (χ4v) is 1.64. The standard InChI is InChI=1S/C11H9F3N2/c1-6-8(5-16(2)15-6)11-9(13)3-7(12)4-10(11)14/h3-5H,1-2H3. The van der Waals surface area contributed by atoms with Crippen LogP contribution >= 0.6 is 0 Å². The van der Waals surface area contributed by atoms with Gasteiger partial charge in [0, 0.05) is 30.9 Å². The van der Waals surface area contributed by atoms with Gasteiger partial charge >= 0.3 is 0 Å². The van der Waals surface area contributed by atoms with E-state index >= 15 is 0 Å². The molecule has 16 heavy (non-hydrogen) atoms. The molecule has 1 aromatic heterocycles. The number of nitrogens with zero attached hydrogens (tertiary/aromatic N) is 2. The lowest BCUT2D eigenvalue weighted by Gasteiger charge is -2.03. The van der Waals surface area contributed by atoms with Crippen LogP contribution in [0.2, 0.25) is 0 Å². The third-order valence-electron chi connectivity index (χ3n) is 2.29. The van der Waals surface area contributed by atoms with E-state index in [1.165, 1.54) is 10.9 Å². The van der Waals surface area contributed by atoms with Crippen molar-refractivity contribution < 1.29 is 13.2 Å². The van der Waals surface area contributed by atoms with Gasteiger partial charge in [0.15, 0.2) is 0 Å². The summed E-state index contributed by atoms with van der Waals surface area (Å²) < 4.78 is 41.1. The Morgan fingerprint density at radius 1 is 1.12 bits per heavy atom. The van der Waals surface area contributed by atoms with Gasteiger partial charge in [0.1, 0.15) is 17.5 Å². The first-order chi connectivity index (χ1) is 7.49. The molecule has 0 radical (unpaired) electrons. The highest BCUT2D eigenvalue weighted by atomic mass is 19.1. The number of hydrogen-bond donors (Lipinski definition) is 0. The van der Waals surface area contributed by atoms with Gasteiger partial charge in [0.2, 0.25) is 0 Å². The van der Waals surface area contributed by atoms with Crippen LogP contribution < -0.4 is 0 Å². The molecule has 0 unspecified atom stereocenters. The molecule has 0 atom stereocenters. The molecule has 0 spiro atoms. The quantitative estimate of drug-likeness (QED) is 0.731. The summed E-state index contributed by atoms with van der Waals surface area (Å²) in [7, 11) is 1.65. The third-order valence-corrected chi connectivity index (χ3v) is 2.29. The number of aromatic nitrogens is 2. The van der Waals surface area contributed by atoms with Crippen molar-refractivity contribution in [2.75, 3.05) is 0 Å². The van der Waals surface area contributed by atoms with Crippen molar-refractivity contribution in [2.45, 2.75) is 6.92 Å². The van der Waals surface area contributed by atoms with E-state index in [2.05, 4.69) is 5.10 Å². The molecule has 1 aromatic carbocycles. The topological polar surface area (TPSA) is 17.8 Å². The second kappa shape index (κ2) is 3.66.